The summed E-state index contributed by atoms with van der Waals surface area (Å²) in [5, 5.41) is 0. The quantitative estimate of drug-likeness (QED) is 0.805. The fourth-order valence-corrected chi connectivity index (χ4v) is 2.98. The van der Waals surface area contributed by atoms with E-state index in [-0.39, 0.29) is 5.76 Å². The van der Waals surface area contributed by atoms with Crippen LogP contribution in [0.4, 0.5) is 8.78 Å². The molecule has 0 amide bonds. The van der Waals surface area contributed by atoms with Crippen molar-refractivity contribution in [2.75, 3.05) is 13.7 Å². The summed E-state index contributed by atoms with van der Waals surface area (Å²) >= 11 is 0. The molecule has 0 bridgehead atoms. The second-order valence-electron chi connectivity index (χ2n) is 5.44. The second kappa shape index (κ2) is 5.68. The van der Waals surface area contributed by atoms with Crippen molar-refractivity contribution in [1.82, 2.24) is 4.90 Å². The first-order valence-electron chi connectivity index (χ1n) is 7.19. The smallest absolute Gasteiger partial charge is 0.323 e. The van der Waals surface area contributed by atoms with Crippen molar-refractivity contribution in [2.45, 2.75) is 31.0 Å². The van der Waals surface area contributed by atoms with Crippen LogP contribution in [0.25, 0.3) is 5.76 Å². The van der Waals surface area contributed by atoms with Gasteiger partial charge in [-0.15, -0.1) is 0 Å². The molecule has 2 heterocycles. The highest BCUT2D eigenvalue weighted by Crippen LogP contribution is 2.41. The number of carbonyl (C=O) groups excluding carboxylic acids is 1. The Bertz CT molecular complexity index is 588. The highest BCUT2D eigenvalue weighted by atomic mass is 19.3. The Kier molecular flexibility index (Phi) is 3.87. The second-order valence-corrected chi connectivity index (χ2v) is 5.44. The van der Waals surface area contributed by atoms with Crippen LogP contribution in [0.2, 0.25) is 0 Å². The van der Waals surface area contributed by atoms with Gasteiger partial charge in [0.25, 0.3) is 0 Å². The van der Waals surface area contributed by atoms with Gasteiger partial charge in [0.15, 0.2) is 0 Å². The number of methoxy groups -OCH3 is 1. The van der Waals surface area contributed by atoms with Gasteiger partial charge in [-0.1, -0.05) is 30.3 Å². The van der Waals surface area contributed by atoms with Gasteiger partial charge in [0, 0.05) is 18.2 Å². The van der Waals surface area contributed by atoms with Gasteiger partial charge in [-0.2, -0.15) is 8.78 Å². The van der Waals surface area contributed by atoms with Gasteiger partial charge in [0.2, 0.25) is 6.23 Å². The molecule has 2 atom stereocenters. The van der Waals surface area contributed by atoms with Crippen LogP contribution in [0, 0.1) is 0 Å². The lowest BCUT2D eigenvalue weighted by molar-refractivity contribution is -0.161. The molecule has 1 aromatic rings. The number of likely N-dealkylation sites (tertiary alicyclic amines) is 1. The molecule has 2 aliphatic heterocycles. The molecule has 2 aliphatic rings. The number of alkyl halides is 2. The Labute approximate surface area is 127 Å². The van der Waals surface area contributed by atoms with Gasteiger partial charge in [0.05, 0.1) is 7.11 Å². The zero-order chi connectivity index (χ0) is 15.7. The molecular weight excluding hydrogens is 292 g/mol. The molecular formula is C16H17F2NO3. The number of carbonyl (C=O) groups is 1. The van der Waals surface area contributed by atoms with E-state index in [1.165, 1.54) is 12.0 Å². The number of rotatable bonds is 3. The van der Waals surface area contributed by atoms with Gasteiger partial charge in [-0.05, 0) is 12.8 Å². The van der Waals surface area contributed by atoms with Crippen molar-refractivity contribution in [2.24, 2.45) is 0 Å². The molecule has 1 fully saturated rings. The van der Waals surface area contributed by atoms with E-state index in [4.69, 9.17) is 9.47 Å². The Balaban J connectivity index is 1.83. The molecule has 1 unspecified atom stereocenters. The third kappa shape index (κ3) is 2.59. The normalized spacial score (nSPS) is 27.3. The molecule has 118 valence electrons. The molecule has 4 nitrogen and oxygen atoms in total. The number of benzene rings is 1. The maximum absolute atomic E-state index is 14.3. The van der Waals surface area contributed by atoms with Gasteiger partial charge in [-0.3, -0.25) is 4.79 Å². The topological polar surface area (TPSA) is 38.8 Å². The van der Waals surface area contributed by atoms with E-state index in [2.05, 4.69) is 0 Å². The van der Waals surface area contributed by atoms with Crippen molar-refractivity contribution in [3.8, 4) is 0 Å². The summed E-state index contributed by atoms with van der Waals surface area (Å²) in [5.41, 5.74) is 0.596. The number of nitrogens with zero attached hydrogens (tertiary/aromatic N) is 1. The minimum absolute atomic E-state index is 0.145. The summed E-state index contributed by atoms with van der Waals surface area (Å²) in [5.74, 6) is -3.50. The van der Waals surface area contributed by atoms with Crippen LogP contribution >= 0.6 is 0 Å². The third-order valence-corrected chi connectivity index (χ3v) is 4.02. The zero-order valence-electron chi connectivity index (χ0n) is 12.2. The van der Waals surface area contributed by atoms with E-state index >= 15 is 0 Å². The predicted octanol–water partition coefficient (Wildman–Crippen LogP) is 2.66. The first-order chi connectivity index (χ1) is 10.5. The molecule has 1 aromatic carbocycles. The maximum atomic E-state index is 14.3. The van der Waals surface area contributed by atoms with Crippen molar-refractivity contribution in [1.29, 1.82) is 0 Å². The van der Waals surface area contributed by atoms with Gasteiger partial charge in [-0.25, -0.2) is 4.90 Å². The lowest BCUT2D eigenvalue weighted by atomic mass is 10.1. The van der Waals surface area contributed by atoms with Crippen LogP contribution in [0.1, 0.15) is 18.4 Å². The highest BCUT2D eigenvalue weighted by molar-refractivity contribution is 5.76. The minimum atomic E-state index is -3.15. The molecule has 0 N–H and O–H groups in total. The third-order valence-electron chi connectivity index (χ3n) is 4.02. The molecule has 0 saturated carbocycles. The van der Waals surface area contributed by atoms with Gasteiger partial charge >= 0.3 is 11.9 Å². The SMILES string of the molecule is COC(=O)[C@H]1CCCN1C1OC(c2ccccc2)=CC1(F)F. The molecule has 0 aliphatic carbocycles. The number of esters is 1. The fraction of sp³-hybridized carbons (Fsp3) is 0.438. The van der Waals surface area contributed by atoms with E-state index in [9.17, 15) is 13.6 Å². The summed E-state index contributed by atoms with van der Waals surface area (Å²) in [7, 11) is 1.26. The van der Waals surface area contributed by atoms with E-state index < -0.39 is 24.2 Å². The first kappa shape index (κ1) is 15.0. The van der Waals surface area contributed by atoms with Crippen LogP contribution in [-0.4, -0.2) is 42.7 Å². The van der Waals surface area contributed by atoms with Crippen LogP contribution in [0.3, 0.4) is 0 Å². The van der Waals surface area contributed by atoms with E-state index in [1.807, 2.05) is 6.07 Å². The first-order valence-corrected chi connectivity index (χ1v) is 7.19. The van der Waals surface area contributed by atoms with Gasteiger partial charge in [0.1, 0.15) is 11.8 Å². The molecule has 3 rings (SSSR count). The van der Waals surface area contributed by atoms with Crippen molar-refractivity contribution in [3.63, 3.8) is 0 Å². The molecule has 0 aromatic heterocycles. The van der Waals surface area contributed by atoms with Crippen molar-refractivity contribution < 1.29 is 23.0 Å². The molecule has 0 radical (unpaired) electrons. The van der Waals surface area contributed by atoms with Crippen molar-refractivity contribution >= 4 is 11.7 Å². The van der Waals surface area contributed by atoms with Crippen molar-refractivity contribution in [3.05, 3.63) is 42.0 Å². The Morgan fingerprint density at radius 3 is 2.77 bits per heavy atom. The number of hydrogen-bond donors (Lipinski definition) is 0. The highest BCUT2D eigenvalue weighted by Gasteiger charge is 2.53. The summed E-state index contributed by atoms with van der Waals surface area (Å²) in [4.78, 5) is 13.2. The standard InChI is InChI=1S/C16H17F2NO3/c1-21-14(20)12-8-5-9-19(12)15-16(17,18)10-13(22-15)11-6-3-2-4-7-11/h2-4,6-7,10,12,15H,5,8-9H2,1H3/t12-,15?/m1/s1. The van der Waals surface area contributed by atoms with E-state index in [1.54, 1.807) is 24.3 Å². The number of halogens is 2. The lowest BCUT2D eigenvalue weighted by Crippen LogP contribution is -2.50. The van der Waals surface area contributed by atoms with Crippen LogP contribution < -0.4 is 0 Å². The molecule has 6 heteroatoms. The molecule has 22 heavy (non-hydrogen) atoms. The number of ether oxygens (including phenoxy) is 2. The number of hydrogen-bond acceptors (Lipinski definition) is 4. The van der Waals surface area contributed by atoms with Crippen LogP contribution in [0.15, 0.2) is 36.4 Å². The predicted molar refractivity (Wildman–Crippen MR) is 76.0 cm³/mol. The van der Waals surface area contributed by atoms with Crippen LogP contribution in [0.5, 0.6) is 0 Å². The summed E-state index contributed by atoms with van der Waals surface area (Å²) in [6, 6.07) is 8.08. The van der Waals surface area contributed by atoms with E-state index in [0.717, 1.165) is 6.08 Å². The fourth-order valence-electron chi connectivity index (χ4n) is 2.98. The minimum Gasteiger partial charge on any atom is -0.468 e. The molecule has 1 saturated heterocycles. The Morgan fingerprint density at radius 2 is 2.09 bits per heavy atom. The summed E-state index contributed by atoms with van der Waals surface area (Å²) in [6.07, 6.45) is 0.536. The largest absolute Gasteiger partial charge is 0.468 e. The van der Waals surface area contributed by atoms with Crippen LogP contribution in [-0.2, 0) is 14.3 Å². The monoisotopic (exact) mass is 309 g/mol. The maximum Gasteiger partial charge on any atom is 0.323 e. The summed E-state index contributed by atoms with van der Waals surface area (Å²) in [6.45, 7) is 0.385. The Morgan fingerprint density at radius 1 is 1.36 bits per heavy atom. The zero-order valence-corrected chi connectivity index (χ0v) is 12.2. The lowest BCUT2D eigenvalue weighted by Gasteiger charge is -2.31. The van der Waals surface area contributed by atoms with Gasteiger partial charge < -0.3 is 9.47 Å². The average molecular weight is 309 g/mol. The van der Waals surface area contributed by atoms with E-state index in [0.29, 0.717) is 24.9 Å². The molecule has 0 spiro atoms. The summed E-state index contributed by atoms with van der Waals surface area (Å²) < 4.78 is 38.9. The Hall–Kier alpha value is -1.95. The average Bonchev–Trinajstić information content (AvgIpc) is 3.11.